The van der Waals surface area contributed by atoms with Crippen LogP contribution in [0.3, 0.4) is 0 Å². The molecule has 1 unspecified atom stereocenters. The number of fused-ring (bicyclic) bond motifs is 1. The Morgan fingerprint density at radius 2 is 2.29 bits per heavy atom. The molecular formula is C13H10ClN3O3S. The van der Waals surface area contributed by atoms with Crippen molar-refractivity contribution in [2.75, 3.05) is 5.32 Å². The van der Waals surface area contributed by atoms with Gasteiger partial charge in [-0.1, -0.05) is 22.9 Å². The van der Waals surface area contributed by atoms with Gasteiger partial charge in [-0.2, -0.15) is 0 Å². The predicted octanol–water partition coefficient (Wildman–Crippen LogP) is 2.55. The van der Waals surface area contributed by atoms with Gasteiger partial charge in [0.15, 0.2) is 5.13 Å². The molecule has 0 fully saturated rings. The number of nitrogens with zero attached hydrogens (tertiary/aromatic N) is 1. The topological polar surface area (TPSA) is 91.3 Å². The van der Waals surface area contributed by atoms with Crippen LogP contribution in [0.4, 0.5) is 9.93 Å². The molecule has 0 radical (unpaired) electrons. The maximum atomic E-state index is 11.7. The lowest BCUT2D eigenvalue weighted by atomic mass is 10.2. The third-order valence-electron chi connectivity index (χ3n) is 2.50. The van der Waals surface area contributed by atoms with Crippen LogP contribution in [0.15, 0.2) is 18.2 Å². The van der Waals surface area contributed by atoms with E-state index in [1.165, 1.54) is 11.3 Å². The molecule has 2 aromatic rings. The summed E-state index contributed by atoms with van der Waals surface area (Å²) in [5.41, 5.74) is 0.693. The molecule has 0 spiro atoms. The third-order valence-corrected chi connectivity index (χ3v) is 3.67. The van der Waals surface area contributed by atoms with E-state index in [2.05, 4.69) is 21.5 Å². The fourth-order valence-electron chi connectivity index (χ4n) is 1.56. The van der Waals surface area contributed by atoms with E-state index in [1.807, 2.05) is 0 Å². The van der Waals surface area contributed by atoms with Crippen LogP contribution in [0.25, 0.3) is 10.2 Å². The molecule has 2 rings (SSSR count). The standard InChI is InChI=1S/C13H10ClN3O3S/c1-2-3-9(11(18)19)15-12(20)17-13-16-8-5-4-7(14)6-10(8)21-13/h1,4-6,9H,3H2,(H,18,19)(H2,15,16,17,20). The minimum Gasteiger partial charge on any atom is -0.480 e. The summed E-state index contributed by atoms with van der Waals surface area (Å²) in [6.07, 6.45) is 4.95. The van der Waals surface area contributed by atoms with Crippen LogP contribution in [-0.4, -0.2) is 28.1 Å². The van der Waals surface area contributed by atoms with Crippen molar-refractivity contribution >= 4 is 50.3 Å². The number of benzene rings is 1. The second-order valence-corrected chi connectivity index (χ2v) is 5.50. The number of carbonyl (C=O) groups is 2. The lowest BCUT2D eigenvalue weighted by Crippen LogP contribution is -2.42. The number of rotatable bonds is 4. The van der Waals surface area contributed by atoms with Gasteiger partial charge in [-0.15, -0.1) is 12.3 Å². The van der Waals surface area contributed by atoms with Crippen molar-refractivity contribution in [3.63, 3.8) is 0 Å². The van der Waals surface area contributed by atoms with E-state index in [0.29, 0.717) is 15.7 Å². The van der Waals surface area contributed by atoms with Crippen LogP contribution in [0.1, 0.15) is 6.42 Å². The summed E-state index contributed by atoms with van der Waals surface area (Å²) >= 11 is 7.10. The Hall–Kier alpha value is -2.30. The zero-order chi connectivity index (χ0) is 15.4. The Morgan fingerprint density at radius 1 is 1.52 bits per heavy atom. The van der Waals surface area contributed by atoms with Gasteiger partial charge in [0.1, 0.15) is 6.04 Å². The highest BCUT2D eigenvalue weighted by Gasteiger charge is 2.19. The smallest absolute Gasteiger partial charge is 0.327 e. The van der Waals surface area contributed by atoms with Crippen molar-refractivity contribution < 1.29 is 14.7 Å². The summed E-state index contributed by atoms with van der Waals surface area (Å²) < 4.78 is 0.816. The Bertz CT molecular complexity index is 738. The van der Waals surface area contributed by atoms with E-state index in [1.54, 1.807) is 18.2 Å². The first kappa shape index (κ1) is 15.1. The van der Waals surface area contributed by atoms with E-state index >= 15 is 0 Å². The molecule has 0 aliphatic carbocycles. The molecule has 0 bridgehead atoms. The first-order valence-electron chi connectivity index (χ1n) is 5.79. The number of thiazole rings is 1. The number of aliphatic carboxylic acids is 1. The highest BCUT2D eigenvalue weighted by atomic mass is 35.5. The number of urea groups is 1. The monoisotopic (exact) mass is 323 g/mol. The quantitative estimate of drug-likeness (QED) is 0.754. The van der Waals surface area contributed by atoms with Gasteiger partial charge in [-0.3, -0.25) is 5.32 Å². The van der Waals surface area contributed by atoms with Crippen molar-refractivity contribution in [1.82, 2.24) is 10.3 Å². The fraction of sp³-hybridized carbons (Fsp3) is 0.154. The van der Waals surface area contributed by atoms with Gasteiger partial charge in [-0.25, -0.2) is 14.6 Å². The number of aromatic nitrogens is 1. The number of hydrogen-bond donors (Lipinski definition) is 3. The molecule has 8 heteroatoms. The van der Waals surface area contributed by atoms with Crippen LogP contribution >= 0.6 is 22.9 Å². The van der Waals surface area contributed by atoms with E-state index in [4.69, 9.17) is 23.1 Å². The Morgan fingerprint density at radius 3 is 2.95 bits per heavy atom. The Balaban J connectivity index is 2.07. The van der Waals surface area contributed by atoms with Gasteiger partial charge >= 0.3 is 12.0 Å². The minimum absolute atomic E-state index is 0.0990. The number of halogens is 1. The first-order chi connectivity index (χ1) is 9.99. The number of anilines is 1. The van der Waals surface area contributed by atoms with Gasteiger partial charge in [-0.05, 0) is 18.2 Å². The van der Waals surface area contributed by atoms with Crippen LogP contribution in [0.5, 0.6) is 0 Å². The van der Waals surface area contributed by atoms with Gasteiger partial charge in [0.05, 0.1) is 10.2 Å². The Kier molecular flexibility index (Phi) is 4.62. The normalized spacial score (nSPS) is 11.6. The van der Waals surface area contributed by atoms with E-state index in [-0.39, 0.29) is 6.42 Å². The molecular weight excluding hydrogens is 314 g/mol. The second kappa shape index (κ2) is 6.43. The van der Waals surface area contributed by atoms with Gasteiger partial charge in [0.25, 0.3) is 0 Å². The number of amides is 2. The number of hydrogen-bond acceptors (Lipinski definition) is 4. The van der Waals surface area contributed by atoms with Crippen LogP contribution in [0.2, 0.25) is 5.02 Å². The van der Waals surface area contributed by atoms with Crippen molar-refractivity contribution in [3.8, 4) is 12.3 Å². The predicted molar refractivity (Wildman–Crippen MR) is 81.7 cm³/mol. The molecule has 3 N–H and O–H groups in total. The molecule has 0 saturated carbocycles. The van der Waals surface area contributed by atoms with E-state index in [0.717, 1.165) is 4.70 Å². The molecule has 21 heavy (non-hydrogen) atoms. The first-order valence-corrected chi connectivity index (χ1v) is 6.99. The molecule has 1 aromatic heterocycles. The molecule has 108 valence electrons. The summed E-state index contributed by atoms with van der Waals surface area (Å²) in [7, 11) is 0. The lowest BCUT2D eigenvalue weighted by Gasteiger charge is -2.11. The molecule has 1 heterocycles. The van der Waals surface area contributed by atoms with Gasteiger partial charge in [0.2, 0.25) is 0 Å². The molecule has 0 aliphatic rings. The maximum absolute atomic E-state index is 11.7. The summed E-state index contributed by atoms with van der Waals surface area (Å²) in [4.78, 5) is 26.8. The van der Waals surface area contributed by atoms with Gasteiger partial charge < -0.3 is 10.4 Å². The highest BCUT2D eigenvalue weighted by molar-refractivity contribution is 7.22. The molecule has 0 aliphatic heterocycles. The number of nitrogens with one attached hydrogen (secondary N) is 2. The average Bonchev–Trinajstić information content (AvgIpc) is 2.79. The van der Waals surface area contributed by atoms with Crippen LogP contribution in [0, 0.1) is 12.3 Å². The molecule has 1 atom stereocenters. The number of carboxylic acid groups (broad SMARTS) is 1. The molecule has 6 nitrogen and oxygen atoms in total. The summed E-state index contributed by atoms with van der Waals surface area (Å²) in [5, 5.41) is 14.6. The molecule has 1 aromatic carbocycles. The van der Waals surface area contributed by atoms with Crippen molar-refractivity contribution in [2.24, 2.45) is 0 Å². The van der Waals surface area contributed by atoms with E-state index < -0.39 is 18.0 Å². The number of carbonyl (C=O) groups excluding carboxylic acids is 1. The van der Waals surface area contributed by atoms with Crippen molar-refractivity contribution in [2.45, 2.75) is 12.5 Å². The van der Waals surface area contributed by atoms with E-state index in [9.17, 15) is 9.59 Å². The lowest BCUT2D eigenvalue weighted by molar-refractivity contribution is -0.139. The second-order valence-electron chi connectivity index (χ2n) is 4.03. The number of terminal acetylenes is 1. The molecule has 0 saturated heterocycles. The molecule has 2 amide bonds. The third kappa shape index (κ3) is 3.84. The number of carboxylic acids is 1. The SMILES string of the molecule is C#CCC(NC(=O)Nc1nc2ccc(Cl)cc2s1)C(=O)O. The largest absolute Gasteiger partial charge is 0.480 e. The highest BCUT2D eigenvalue weighted by Crippen LogP contribution is 2.28. The van der Waals surface area contributed by atoms with Crippen molar-refractivity contribution in [1.29, 1.82) is 0 Å². The summed E-state index contributed by atoms with van der Waals surface area (Å²) in [5.74, 6) is 1.000. The zero-order valence-electron chi connectivity index (χ0n) is 10.6. The summed E-state index contributed by atoms with van der Waals surface area (Å²) in [6.45, 7) is 0. The zero-order valence-corrected chi connectivity index (χ0v) is 12.2. The fourth-order valence-corrected chi connectivity index (χ4v) is 2.70. The average molecular weight is 324 g/mol. The van der Waals surface area contributed by atoms with Crippen LogP contribution in [-0.2, 0) is 4.79 Å². The maximum Gasteiger partial charge on any atom is 0.327 e. The minimum atomic E-state index is -1.20. The Labute approximate surface area is 129 Å². The summed E-state index contributed by atoms with van der Waals surface area (Å²) in [6, 6.07) is 3.34. The van der Waals surface area contributed by atoms with Gasteiger partial charge in [0, 0.05) is 11.4 Å². The van der Waals surface area contributed by atoms with Crippen LogP contribution < -0.4 is 10.6 Å². The van der Waals surface area contributed by atoms with Crippen molar-refractivity contribution in [3.05, 3.63) is 23.2 Å².